The molecule has 0 unspecified atom stereocenters. The van der Waals surface area contributed by atoms with E-state index in [0.717, 1.165) is 35.7 Å². The molecule has 102 valence electrons. The number of nitrogens with zero attached hydrogens (tertiary/aromatic N) is 4. The Hall–Kier alpha value is -2.11. The first kappa shape index (κ1) is 13.3. The van der Waals surface area contributed by atoms with Crippen LogP contribution in [-0.2, 0) is 7.05 Å². The topological polar surface area (TPSA) is 67.7 Å². The highest BCUT2D eigenvalue weighted by Gasteiger charge is 2.08. The van der Waals surface area contributed by atoms with Crippen molar-refractivity contribution < 1.29 is 0 Å². The van der Waals surface area contributed by atoms with Crippen LogP contribution >= 0.6 is 0 Å². The van der Waals surface area contributed by atoms with Crippen LogP contribution in [0, 0.1) is 13.8 Å². The van der Waals surface area contributed by atoms with Gasteiger partial charge in [-0.25, -0.2) is 4.98 Å². The van der Waals surface area contributed by atoms with Gasteiger partial charge in [-0.15, -0.1) is 0 Å². The lowest BCUT2D eigenvalue weighted by Gasteiger charge is -2.09. The minimum absolute atomic E-state index is 0.650. The van der Waals surface area contributed by atoms with E-state index in [0.29, 0.717) is 5.95 Å². The molecule has 6 heteroatoms. The van der Waals surface area contributed by atoms with Crippen LogP contribution in [0.5, 0.6) is 0 Å². The van der Waals surface area contributed by atoms with Crippen LogP contribution in [0.2, 0.25) is 0 Å². The molecule has 2 rings (SSSR count). The Balaban J connectivity index is 2.21. The second-order valence-corrected chi connectivity index (χ2v) is 4.58. The molecule has 0 saturated carbocycles. The van der Waals surface area contributed by atoms with Gasteiger partial charge in [0.1, 0.15) is 5.82 Å². The Labute approximate surface area is 113 Å². The van der Waals surface area contributed by atoms with E-state index in [1.165, 1.54) is 0 Å². The van der Waals surface area contributed by atoms with E-state index in [4.69, 9.17) is 0 Å². The maximum absolute atomic E-state index is 4.49. The summed E-state index contributed by atoms with van der Waals surface area (Å²) in [6, 6.07) is 0. The Morgan fingerprint density at radius 2 is 2.11 bits per heavy atom. The molecule has 6 nitrogen and oxygen atoms in total. The lowest BCUT2D eigenvalue weighted by atomic mass is 10.3. The predicted molar refractivity (Wildman–Crippen MR) is 76.8 cm³/mol. The van der Waals surface area contributed by atoms with E-state index in [1.807, 2.05) is 33.3 Å². The standard InChI is InChI=1S/C13H20N6/c1-5-6-14-13-15-7-9(2)12(17-13)16-11-8-19(4)18-10(11)3/h7-8H,5-6H2,1-4H3,(H2,14,15,16,17). The highest BCUT2D eigenvalue weighted by atomic mass is 15.3. The van der Waals surface area contributed by atoms with Crippen LogP contribution in [0.25, 0.3) is 0 Å². The SMILES string of the molecule is CCCNc1ncc(C)c(Nc2cn(C)nc2C)n1. The molecule has 0 radical (unpaired) electrons. The van der Waals surface area contributed by atoms with Gasteiger partial charge in [-0.2, -0.15) is 10.1 Å². The van der Waals surface area contributed by atoms with Crippen molar-refractivity contribution in [1.29, 1.82) is 0 Å². The van der Waals surface area contributed by atoms with Crippen molar-refractivity contribution in [2.45, 2.75) is 27.2 Å². The fourth-order valence-corrected chi connectivity index (χ4v) is 1.74. The van der Waals surface area contributed by atoms with Crippen LogP contribution in [0.15, 0.2) is 12.4 Å². The third-order valence-corrected chi connectivity index (χ3v) is 2.77. The molecule has 0 aliphatic rings. The highest BCUT2D eigenvalue weighted by molar-refractivity contribution is 5.61. The molecular weight excluding hydrogens is 240 g/mol. The molecule has 2 N–H and O–H groups in total. The van der Waals surface area contributed by atoms with E-state index < -0.39 is 0 Å². The quantitative estimate of drug-likeness (QED) is 0.864. The Morgan fingerprint density at radius 1 is 1.32 bits per heavy atom. The molecule has 0 atom stereocenters. The van der Waals surface area contributed by atoms with Crippen LogP contribution in [0.4, 0.5) is 17.5 Å². The van der Waals surface area contributed by atoms with Crippen molar-refractivity contribution in [3.05, 3.63) is 23.7 Å². The van der Waals surface area contributed by atoms with E-state index in [9.17, 15) is 0 Å². The second-order valence-electron chi connectivity index (χ2n) is 4.58. The van der Waals surface area contributed by atoms with Crippen molar-refractivity contribution in [2.75, 3.05) is 17.2 Å². The van der Waals surface area contributed by atoms with Gasteiger partial charge in [0, 0.05) is 31.5 Å². The van der Waals surface area contributed by atoms with Gasteiger partial charge >= 0.3 is 0 Å². The molecule has 0 saturated heterocycles. The van der Waals surface area contributed by atoms with Crippen LogP contribution in [0.1, 0.15) is 24.6 Å². The van der Waals surface area contributed by atoms with E-state index in [2.05, 4.69) is 32.6 Å². The molecule has 2 aromatic heterocycles. The van der Waals surface area contributed by atoms with Gasteiger partial charge in [-0.1, -0.05) is 6.92 Å². The summed E-state index contributed by atoms with van der Waals surface area (Å²) in [6.07, 6.45) is 4.80. The lowest BCUT2D eigenvalue weighted by Crippen LogP contribution is -2.07. The molecule has 19 heavy (non-hydrogen) atoms. The summed E-state index contributed by atoms with van der Waals surface area (Å²) in [5.74, 6) is 1.46. The van der Waals surface area contributed by atoms with Gasteiger partial charge in [0.2, 0.25) is 5.95 Å². The Kier molecular flexibility index (Phi) is 3.99. The van der Waals surface area contributed by atoms with Crippen molar-refractivity contribution >= 4 is 17.5 Å². The fraction of sp³-hybridized carbons (Fsp3) is 0.462. The lowest BCUT2D eigenvalue weighted by molar-refractivity contribution is 0.756. The zero-order chi connectivity index (χ0) is 13.8. The average Bonchev–Trinajstić information content (AvgIpc) is 2.69. The number of aryl methyl sites for hydroxylation is 3. The van der Waals surface area contributed by atoms with Crippen molar-refractivity contribution in [3.63, 3.8) is 0 Å². The Morgan fingerprint density at radius 3 is 2.74 bits per heavy atom. The van der Waals surface area contributed by atoms with Crippen molar-refractivity contribution in [1.82, 2.24) is 19.7 Å². The maximum Gasteiger partial charge on any atom is 0.224 e. The number of anilines is 3. The van der Waals surface area contributed by atoms with E-state index in [1.54, 1.807) is 4.68 Å². The van der Waals surface area contributed by atoms with Crippen molar-refractivity contribution in [2.24, 2.45) is 7.05 Å². The minimum atomic E-state index is 0.650. The molecule has 2 aromatic rings. The molecule has 0 spiro atoms. The summed E-state index contributed by atoms with van der Waals surface area (Å²) in [5.41, 5.74) is 2.92. The molecule has 0 fully saturated rings. The highest BCUT2D eigenvalue weighted by Crippen LogP contribution is 2.21. The molecule has 0 aromatic carbocycles. The summed E-state index contributed by atoms with van der Waals surface area (Å²) in [4.78, 5) is 8.75. The van der Waals surface area contributed by atoms with Crippen LogP contribution in [-0.4, -0.2) is 26.3 Å². The molecule has 0 aliphatic carbocycles. The minimum Gasteiger partial charge on any atom is -0.354 e. The second kappa shape index (κ2) is 5.69. The summed E-state index contributed by atoms with van der Waals surface area (Å²) in [7, 11) is 1.90. The first-order chi connectivity index (χ1) is 9.10. The summed E-state index contributed by atoms with van der Waals surface area (Å²) >= 11 is 0. The molecule has 0 bridgehead atoms. The van der Waals surface area contributed by atoms with E-state index >= 15 is 0 Å². The molecule has 0 amide bonds. The van der Waals surface area contributed by atoms with Gasteiger partial charge in [0.05, 0.1) is 11.4 Å². The maximum atomic E-state index is 4.49. The smallest absolute Gasteiger partial charge is 0.224 e. The first-order valence-corrected chi connectivity index (χ1v) is 6.45. The van der Waals surface area contributed by atoms with Crippen LogP contribution in [0.3, 0.4) is 0 Å². The average molecular weight is 260 g/mol. The number of hydrogen-bond acceptors (Lipinski definition) is 5. The number of nitrogens with one attached hydrogen (secondary N) is 2. The van der Waals surface area contributed by atoms with Gasteiger partial charge < -0.3 is 10.6 Å². The predicted octanol–water partition coefficient (Wildman–Crippen LogP) is 2.39. The summed E-state index contributed by atoms with van der Waals surface area (Å²) < 4.78 is 1.78. The zero-order valence-electron chi connectivity index (χ0n) is 11.9. The third-order valence-electron chi connectivity index (χ3n) is 2.77. The normalized spacial score (nSPS) is 10.5. The number of hydrogen-bond donors (Lipinski definition) is 2. The largest absolute Gasteiger partial charge is 0.354 e. The first-order valence-electron chi connectivity index (χ1n) is 6.45. The van der Waals surface area contributed by atoms with Crippen LogP contribution < -0.4 is 10.6 Å². The summed E-state index contributed by atoms with van der Waals surface area (Å²) in [6.45, 7) is 6.93. The molecular formula is C13H20N6. The molecule has 0 aliphatic heterocycles. The third kappa shape index (κ3) is 3.21. The van der Waals surface area contributed by atoms with Gasteiger partial charge in [0.15, 0.2) is 0 Å². The van der Waals surface area contributed by atoms with Gasteiger partial charge in [-0.3, -0.25) is 4.68 Å². The molecule has 2 heterocycles. The summed E-state index contributed by atoms with van der Waals surface area (Å²) in [5, 5.41) is 10.8. The Bertz CT molecular complexity index is 560. The fourth-order valence-electron chi connectivity index (χ4n) is 1.74. The van der Waals surface area contributed by atoms with Crippen molar-refractivity contribution in [3.8, 4) is 0 Å². The monoisotopic (exact) mass is 260 g/mol. The number of aromatic nitrogens is 4. The number of rotatable bonds is 5. The van der Waals surface area contributed by atoms with Gasteiger partial charge in [-0.05, 0) is 20.3 Å². The van der Waals surface area contributed by atoms with E-state index in [-0.39, 0.29) is 0 Å². The zero-order valence-corrected chi connectivity index (χ0v) is 11.9. The van der Waals surface area contributed by atoms with Gasteiger partial charge in [0.25, 0.3) is 0 Å².